The fourth-order valence-electron chi connectivity index (χ4n) is 3.13. The molecule has 3 amide bonds. The van der Waals surface area contributed by atoms with E-state index in [0.717, 1.165) is 15.4 Å². The number of nitrogens with one attached hydrogen (secondary N) is 1. The van der Waals surface area contributed by atoms with E-state index in [9.17, 15) is 9.59 Å². The second kappa shape index (κ2) is 8.92. The number of imide groups is 1. The lowest BCUT2D eigenvalue weighted by Gasteiger charge is -2.18. The highest BCUT2D eigenvalue weighted by Crippen LogP contribution is 2.28. The molecule has 152 valence electrons. The number of anilines is 1. The number of benzene rings is 3. The Labute approximate surface area is 180 Å². The van der Waals surface area contributed by atoms with Crippen molar-refractivity contribution in [3.05, 3.63) is 90.0 Å². The van der Waals surface area contributed by atoms with E-state index in [0.29, 0.717) is 30.2 Å². The Balaban J connectivity index is 1.35. The molecular weight excluding hydrogens is 400 g/mol. The molecule has 0 fully saturated rings. The number of hydrogen-bond donors (Lipinski definition) is 2. The smallest absolute Gasteiger partial charge is 0.338 e. The summed E-state index contributed by atoms with van der Waals surface area (Å²) in [6, 6.07) is 23.5. The van der Waals surface area contributed by atoms with Crippen molar-refractivity contribution in [3.63, 3.8) is 0 Å². The van der Waals surface area contributed by atoms with E-state index < -0.39 is 18.0 Å². The van der Waals surface area contributed by atoms with Crippen LogP contribution >= 0.6 is 12.8 Å². The van der Waals surface area contributed by atoms with Crippen LogP contribution in [0, 0.1) is 0 Å². The molecule has 0 spiro atoms. The number of para-hydroxylation sites is 1. The number of hydrogen-bond acceptors (Lipinski definition) is 5. The summed E-state index contributed by atoms with van der Waals surface area (Å²) in [4.78, 5) is 24.9. The summed E-state index contributed by atoms with van der Waals surface area (Å²) in [7, 11) is 0. The zero-order chi connectivity index (χ0) is 20.9. The lowest BCUT2D eigenvalue weighted by Crippen LogP contribution is -2.45. The third-order valence-electron chi connectivity index (χ3n) is 4.67. The van der Waals surface area contributed by atoms with Gasteiger partial charge in [0.2, 0.25) is 0 Å². The summed E-state index contributed by atoms with van der Waals surface area (Å²) in [6.07, 6.45) is -0.321. The largest absolute Gasteiger partial charge is 0.489 e. The number of ether oxygens (including phenoxy) is 2. The Bertz CT molecular complexity index is 1030. The van der Waals surface area contributed by atoms with Crippen LogP contribution in [0.5, 0.6) is 11.5 Å². The van der Waals surface area contributed by atoms with E-state index in [-0.39, 0.29) is 0 Å². The highest BCUT2D eigenvalue weighted by atomic mass is 32.1. The lowest BCUT2D eigenvalue weighted by molar-refractivity contribution is -0.126. The summed E-state index contributed by atoms with van der Waals surface area (Å²) in [5.74, 6) is 0.743. The number of thiol groups is 1. The standard InChI is InChI=1S/C23H20N2O4S/c26-22(21-13-17-9-4-5-12-20(17)29-21)24-23(27)25(30)18-10-6-11-19(14-18)28-15-16-7-2-1-3-8-16/h1-12,14,21,30H,13,15H2,(H,24,26,27). The predicted octanol–water partition coefficient (Wildman–Crippen LogP) is 4.16. The van der Waals surface area contributed by atoms with Crippen LogP contribution in [0.2, 0.25) is 0 Å². The van der Waals surface area contributed by atoms with Gasteiger partial charge >= 0.3 is 6.03 Å². The second-order valence-corrected chi connectivity index (χ2v) is 7.20. The fraction of sp³-hybridized carbons (Fsp3) is 0.130. The number of carbonyl (C=O) groups excluding carboxylic acids is 2. The van der Waals surface area contributed by atoms with Crippen LogP contribution in [0.1, 0.15) is 11.1 Å². The van der Waals surface area contributed by atoms with Crippen LogP contribution in [0.3, 0.4) is 0 Å². The zero-order valence-electron chi connectivity index (χ0n) is 16.0. The molecule has 1 heterocycles. The Hall–Kier alpha value is -3.45. The third kappa shape index (κ3) is 4.58. The van der Waals surface area contributed by atoms with Crippen molar-refractivity contribution in [2.24, 2.45) is 0 Å². The van der Waals surface area contributed by atoms with Crippen molar-refractivity contribution in [2.75, 3.05) is 4.31 Å². The molecule has 6 nitrogen and oxygen atoms in total. The van der Waals surface area contributed by atoms with Crippen LogP contribution in [0.4, 0.5) is 10.5 Å². The van der Waals surface area contributed by atoms with E-state index in [1.807, 2.05) is 48.5 Å². The quantitative estimate of drug-likeness (QED) is 0.609. The average molecular weight is 420 g/mol. The molecule has 0 bridgehead atoms. The molecule has 3 aromatic carbocycles. The predicted molar refractivity (Wildman–Crippen MR) is 117 cm³/mol. The van der Waals surface area contributed by atoms with Crippen LogP contribution in [0.15, 0.2) is 78.9 Å². The number of rotatable bonds is 5. The molecule has 1 aliphatic heterocycles. The van der Waals surface area contributed by atoms with Crippen molar-refractivity contribution in [2.45, 2.75) is 19.1 Å². The molecule has 3 aromatic rings. The van der Waals surface area contributed by atoms with Crippen molar-refractivity contribution in [3.8, 4) is 11.5 Å². The maximum atomic E-state index is 12.5. The fourth-order valence-corrected chi connectivity index (χ4v) is 3.30. The Morgan fingerprint density at radius 1 is 1.03 bits per heavy atom. The first-order valence-corrected chi connectivity index (χ1v) is 9.85. The minimum atomic E-state index is -0.742. The highest BCUT2D eigenvalue weighted by molar-refractivity contribution is 7.82. The third-order valence-corrected chi connectivity index (χ3v) is 5.09. The molecule has 0 radical (unpaired) electrons. The first-order valence-electron chi connectivity index (χ1n) is 9.45. The molecule has 4 rings (SSSR count). The van der Waals surface area contributed by atoms with E-state index in [4.69, 9.17) is 9.47 Å². The number of amides is 3. The van der Waals surface area contributed by atoms with Gasteiger partial charge in [0.1, 0.15) is 18.1 Å². The maximum absolute atomic E-state index is 12.5. The van der Waals surface area contributed by atoms with Crippen molar-refractivity contribution in [1.82, 2.24) is 5.32 Å². The minimum Gasteiger partial charge on any atom is -0.489 e. The summed E-state index contributed by atoms with van der Waals surface area (Å²) in [5, 5.41) is 2.34. The average Bonchev–Trinajstić information content (AvgIpc) is 3.22. The Morgan fingerprint density at radius 2 is 1.80 bits per heavy atom. The van der Waals surface area contributed by atoms with Gasteiger partial charge in [0.25, 0.3) is 5.91 Å². The molecule has 0 aromatic heterocycles. The van der Waals surface area contributed by atoms with E-state index >= 15 is 0 Å². The number of urea groups is 1. The monoisotopic (exact) mass is 420 g/mol. The van der Waals surface area contributed by atoms with Crippen molar-refractivity contribution >= 4 is 30.4 Å². The number of nitrogens with zero attached hydrogens (tertiary/aromatic N) is 1. The first-order chi connectivity index (χ1) is 14.6. The molecule has 0 saturated carbocycles. The Morgan fingerprint density at radius 3 is 2.60 bits per heavy atom. The van der Waals surface area contributed by atoms with Gasteiger partial charge in [0, 0.05) is 12.5 Å². The first kappa shape index (κ1) is 19.8. The minimum absolute atomic E-state index is 0.404. The van der Waals surface area contributed by atoms with Gasteiger partial charge in [-0.05, 0) is 29.3 Å². The summed E-state index contributed by atoms with van der Waals surface area (Å²) < 4.78 is 12.5. The van der Waals surface area contributed by atoms with Gasteiger partial charge < -0.3 is 9.47 Å². The van der Waals surface area contributed by atoms with Crippen LogP contribution in [-0.4, -0.2) is 18.0 Å². The number of carbonyl (C=O) groups is 2. The molecule has 30 heavy (non-hydrogen) atoms. The van der Waals surface area contributed by atoms with Gasteiger partial charge in [-0.25, -0.2) is 9.10 Å². The molecule has 7 heteroatoms. The van der Waals surface area contributed by atoms with Gasteiger partial charge in [0.15, 0.2) is 6.10 Å². The van der Waals surface area contributed by atoms with Gasteiger partial charge in [-0.15, -0.1) is 0 Å². The van der Waals surface area contributed by atoms with E-state index in [1.165, 1.54) is 0 Å². The summed E-state index contributed by atoms with van der Waals surface area (Å²) in [6.45, 7) is 0.404. The van der Waals surface area contributed by atoms with E-state index in [1.54, 1.807) is 30.3 Å². The zero-order valence-corrected chi connectivity index (χ0v) is 16.9. The summed E-state index contributed by atoms with van der Waals surface area (Å²) >= 11 is 4.24. The molecule has 1 atom stereocenters. The lowest BCUT2D eigenvalue weighted by atomic mass is 10.1. The maximum Gasteiger partial charge on any atom is 0.338 e. The Kier molecular flexibility index (Phi) is 5.90. The van der Waals surface area contributed by atoms with Gasteiger partial charge in [-0.1, -0.05) is 67.4 Å². The number of fused-ring (bicyclic) bond motifs is 1. The molecule has 0 saturated heterocycles. The molecule has 0 aliphatic carbocycles. The van der Waals surface area contributed by atoms with Gasteiger partial charge in [0.05, 0.1) is 5.69 Å². The van der Waals surface area contributed by atoms with Crippen LogP contribution in [0.25, 0.3) is 0 Å². The highest BCUT2D eigenvalue weighted by Gasteiger charge is 2.30. The van der Waals surface area contributed by atoms with Crippen LogP contribution < -0.4 is 19.1 Å². The van der Waals surface area contributed by atoms with Crippen molar-refractivity contribution < 1.29 is 19.1 Å². The topological polar surface area (TPSA) is 67.9 Å². The summed E-state index contributed by atoms with van der Waals surface area (Å²) in [5.41, 5.74) is 2.45. The van der Waals surface area contributed by atoms with Gasteiger partial charge in [-0.3, -0.25) is 10.1 Å². The van der Waals surface area contributed by atoms with Gasteiger partial charge in [-0.2, -0.15) is 0 Å². The molecule has 1 unspecified atom stereocenters. The molecular formula is C23H20N2O4S. The second-order valence-electron chi connectivity index (χ2n) is 6.80. The SMILES string of the molecule is O=C(NC(=O)N(S)c1cccc(OCc2ccccc2)c1)C1Cc2ccccc2O1. The van der Waals surface area contributed by atoms with E-state index in [2.05, 4.69) is 18.1 Å². The molecule has 1 aliphatic rings. The van der Waals surface area contributed by atoms with Crippen molar-refractivity contribution in [1.29, 1.82) is 0 Å². The normalized spacial score (nSPS) is 14.4. The van der Waals surface area contributed by atoms with Crippen LogP contribution in [-0.2, 0) is 17.8 Å². The molecule has 1 N–H and O–H groups in total.